The van der Waals surface area contributed by atoms with Crippen LogP contribution in [-0.4, -0.2) is 106 Å². The zero-order valence-electron chi connectivity index (χ0n) is 25.7. The van der Waals surface area contributed by atoms with E-state index in [1.165, 1.54) is 0 Å². The maximum Gasteiger partial charge on any atom is 0.410 e. The van der Waals surface area contributed by atoms with Gasteiger partial charge >= 0.3 is 6.09 Å². The number of imide groups is 2. The fourth-order valence-corrected chi connectivity index (χ4v) is 7.03. The third kappa shape index (κ3) is 5.99. The predicted octanol–water partition coefficient (Wildman–Crippen LogP) is 2.32. The van der Waals surface area contributed by atoms with Crippen molar-refractivity contribution in [2.45, 2.75) is 108 Å². The SMILES string of the molecule is CC(C)(C)OC(=O)N1CCC(OC2CC(N3CCC(O)(c4ccc5c(c4)C(=O)N([C@@H]4CCC(=O)NC4=O)C5=O)CC3)C2)CC1. The number of aliphatic hydroxyl groups is 1. The van der Waals surface area contributed by atoms with Gasteiger partial charge in [0, 0.05) is 38.6 Å². The number of hydrogen-bond donors (Lipinski definition) is 2. The zero-order chi connectivity index (χ0) is 31.4. The minimum absolute atomic E-state index is 0.0638. The molecule has 0 spiro atoms. The molecule has 12 heteroatoms. The molecule has 0 bridgehead atoms. The molecular weight excluding hydrogens is 568 g/mol. The first-order valence-corrected chi connectivity index (χ1v) is 15.8. The van der Waals surface area contributed by atoms with Gasteiger partial charge in [-0.05, 0) is 83.4 Å². The van der Waals surface area contributed by atoms with Crippen LogP contribution in [0.25, 0.3) is 0 Å². The fourth-order valence-electron chi connectivity index (χ4n) is 7.03. The standard InChI is InChI=1S/C32H42N4O8/c1-31(2,3)44-30(41)35-12-8-21(9-13-35)43-22-17-20(18-22)34-14-10-32(42,11-15-34)19-4-5-23-24(16-19)29(40)36(28(23)39)25-6-7-26(37)33-27(25)38/h4-5,16,20-22,25,42H,6-15,17-18H2,1-3H3,(H,33,37,38)/t20?,22?,25-/m1/s1. The number of ether oxygens (including phenoxy) is 2. The molecule has 5 amide bonds. The molecule has 1 aromatic carbocycles. The van der Waals surface area contributed by atoms with Crippen molar-refractivity contribution in [3.8, 4) is 0 Å². The summed E-state index contributed by atoms with van der Waals surface area (Å²) in [6, 6.07) is 4.24. The van der Waals surface area contributed by atoms with Crippen molar-refractivity contribution in [3.05, 3.63) is 34.9 Å². The molecule has 1 aliphatic carbocycles. The highest BCUT2D eigenvalue weighted by Gasteiger charge is 2.46. The Bertz CT molecular complexity index is 1350. The number of benzene rings is 1. The molecule has 12 nitrogen and oxygen atoms in total. The summed E-state index contributed by atoms with van der Waals surface area (Å²) in [5, 5.41) is 13.8. The summed E-state index contributed by atoms with van der Waals surface area (Å²) in [6.07, 6.45) is 4.72. The molecule has 0 aromatic heterocycles. The van der Waals surface area contributed by atoms with Crippen LogP contribution in [0.5, 0.6) is 0 Å². The molecule has 3 saturated heterocycles. The minimum Gasteiger partial charge on any atom is -0.444 e. The number of nitrogens with zero attached hydrogens (tertiary/aromatic N) is 3. The van der Waals surface area contributed by atoms with Gasteiger partial charge in [-0.3, -0.25) is 34.3 Å². The number of hydrogen-bond acceptors (Lipinski definition) is 9. The Morgan fingerprint density at radius 2 is 1.59 bits per heavy atom. The summed E-state index contributed by atoms with van der Waals surface area (Å²) < 4.78 is 11.8. The van der Waals surface area contributed by atoms with Crippen molar-refractivity contribution in [1.29, 1.82) is 0 Å². The Morgan fingerprint density at radius 3 is 2.23 bits per heavy atom. The van der Waals surface area contributed by atoms with Gasteiger partial charge in [-0.15, -0.1) is 0 Å². The van der Waals surface area contributed by atoms with Gasteiger partial charge in [-0.1, -0.05) is 6.07 Å². The highest BCUT2D eigenvalue weighted by atomic mass is 16.6. The summed E-state index contributed by atoms with van der Waals surface area (Å²) in [5.41, 5.74) is -0.643. The number of carbonyl (C=O) groups excluding carboxylic acids is 5. The van der Waals surface area contributed by atoms with Crippen LogP contribution < -0.4 is 5.32 Å². The molecule has 1 saturated carbocycles. The number of fused-ring (bicyclic) bond motifs is 1. The summed E-state index contributed by atoms with van der Waals surface area (Å²) >= 11 is 0. The van der Waals surface area contributed by atoms with Crippen molar-refractivity contribution in [3.63, 3.8) is 0 Å². The second-order valence-electron chi connectivity index (χ2n) is 13.8. The lowest BCUT2D eigenvalue weighted by Gasteiger charge is -2.48. The van der Waals surface area contributed by atoms with Crippen LogP contribution in [0.2, 0.25) is 0 Å². The van der Waals surface area contributed by atoms with E-state index in [0.717, 1.165) is 30.6 Å². The monoisotopic (exact) mass is 610 g/mol. The van der Waals surface area contributed by atoms with E-state index in [-0.39, 0.29) is 42.3 Å². The summed E-state index contributed by atoms with van der Waals surface area (Å²) in [5.74, 6) is -2.18. The Morgan fingerprint density at radius 1 is 0.932 bits per heavy atom. The first-order valence-electron chi connectivity index (χ1n) is 15.8. The smallest absolute Gasteiger partial charge is 0.410 e. The largest absolute Gasteiger partial charge is 0.444 e. The van der Waals surface area contributed by atoms with Gasteiger partial charge in [-0.25, -0.2) is 4.79 Å². The molecule has 44 heavy (non-hydrogen) atoms. The number of carbonyl (C=O) groups is 5. The molecule has 4 aliphatic heterocycles. The minimum atomic E-state index is -1.13. The van der Waals surface area contributed by atoms with Gasteiger partial charge in [0.1, 0.15) is 11.6 Å². The molecule has 2 N–H and O–H groups in total. The fraction of sp³-hybridized carbons (Fsp3) is 0.656. The van der Waals surface area contributed by atoms with Crippen molar-refractivity contribution in [1.82, 2.24) is 20.0 Å². The summed E-state index contributed by atoms with van der Waals surface area (Å²) in [6.45, 7) is 8.29. The third-order valence-electron chi connectivity index (χ3n) is 9.67. The van der Waals surface area contributed by atoms with Crippen LogP contribution in [0.4, 0.5) is 4.79 Å². The third-order valence-corrected chi connectivity index (χ3v) is 9.67. The highest BCUT2D eigenvalue weighted by Crippen LogP contribution is 2.39. The van der Waals surface area contributed by atoms with E-state index in [2.05, 4.69) is 10.2 Å². The van der Waals surface area contributed by atoms with E-state index in [1.807, 2.05) is 20.8 Å². The lowest BCUT2D eigenvalue weighted by Crippen LogP contribution is -2.54. The van der Waals surface area contributed by atoms with Crippen LogP contribution in [0.3, 0.4) is 0 Å². The first kappa shape index (κ1) is 30.7. The number of rotatable bonds is 5. The second-order valence-corrected chi connectivity index (χ2v) is 13.8. The van der Waals surface area contributed by atoms with E-state index >= 15 is 0 Å². The lowest BCUT2D eigenvalue weighted by molar-refractivity contribution is -0.136. The van der Waals surface area contributed by atoms with Crippen LogP contribution in [0.15, 0.2) is 18.2 Å². The first-order chi connectivity index (χ1) is 20.8. The molecule has 0 unspecified atom stereocenters. The second kappa shape index (κ2) is 11.5. The molecule has 1 atom stereocenters. The number of amides is 5. The molecule has 6 rings (SSSR count). The molecular formula is C32H42N4O8. The summed E-state index contributed by atoms with van der Waals surface area (Å²) in [4.78, 5) is 67.6. The topological polar surface area (TPSA) is 146 Å². The average molecular weight is 611 g/mol. The van der Waals surface area contributed by atoms with Gasteiger partial charge in [0.25, 0.3) is 11.8 Å². The number of nitrogens with one attached hydrogen (secondary N) is 1. The maximum atomic E-state index is 13.2. The normalized spacial score (nSPS) is 28.0. The molecule has 1 aromatic rings. The van der Waals surface area contributed by atoms with Gasteiger partial charge in [0.2, 0.25) is 11.8 Å². The maximum absolute atomic E-state index is 13.2. The van der Waals surface area contributed by atoms with Gasteiger partial charge in [0.05, 0.1) is 28.9 Å². The number of piperidine rings is 3. The van der Waals surface area contributed by atoms with Crippen LogP contribution >= 0.6 is 0 Å². The van der Waals surface area contributed by atoms with Crippen molar-refractivity contribution in [2.24, 2.45) is 0 Å². The van der Waals surface area contributed by atoms with Crippen LogP contribution in [0.1, 0.15) is 98.4 Å². The summed E-state index contributed by atoms with van der Waals surface area (Å²) in [7, 11) is 0. The lowest BCUT2D eigenvalue weighted by atomic mass is 9.80. The van der Waals surface area contributed by atoms with Crippen molar-refractivity contribution < 1.29 is 38.6 Å². The Balaban J connectivity index is 0.979. The zero-order valence-corrected chi connectivity index (χ0v) is 25.7. The van der Waals surface area contributed by atoms with Gasteiger partial charge in [0.15, 0.2) is 0 Å². The molecule has 4 fully saturated rings. The Labute approximate surface area is 257 Å². The van der Waals surface area contributed by atoms with Crippen molar-refractivity contribution >= 4 is 29.7 Å². The van der Waals surface area contributed by atoms with E-state index in [9.17, 15) is 29.1 Å². The molecule has 0 radical (unpaired) electrons. The van der Waals surface area contributed by atoms with Crippen LogP contribution in [-0.2, 0) is 24.7 Å². The van der Waals surface area contributed by atoms with E-state index in [0.29, 0.717) is 50.6 Å². The van der Waals surface area contributed by atoms with E-state index < -0.39 is 40.9 Å². The average Bonchev–Trinajstić information content (AvgIpc) is 3.19. The molecule has 4 heterocycles. The highest BCUT2D eigenvalue weighted by molar-refractivity contribution is 6.23. The Kier molecular flexibility index (Phi) is 8.04. The van der Waals surface area contributed by atoms with Crippen LogP contribution in [0, 0.1) is 0 Å². The van der Waals surface area contributed by atoms with Gasteiger partial charge in [-0.2, -0.15) is 0 Å². The van der Waals surface area contributed by atoms with Gasteiger partial charge < -0.3 is 19.5 Å². The molecule has 238 valence electrons. The number of likely N-dealkylation sites (tertiary alicyclic amines) is 2. The Hall–Kier alpha value is -3.35. The molecule has 5 aliphatic rings. The quantitative estimate of drug-likeness (QED) is 0.480. The predicted molar refractivity (Wildman–Crippen MR) is 157 cm³/mol. The van der Waals surface area contributed by atoms with E-state index in [4.69, 9.17) is 9.47 Å². The van der Waals surface area contributed by atoms with Crippen molar-refractivity contribution in [2.75, 3.05) is 26.2 Å². The van der Waals surface area contributed by atoms with E-state index in [1.54, 1.807) is 23.1 Å².